The number of rotatable bonds is 4. The summed E-state index contributed by atoms with van der Waals surface area (Å²) in [6.45, 7) is 1.02. The topological polar surface area (TPSA) is 41.6 Å². The molecule has 126 valence electrons. The molecule has 2 aliphatic rings. The van der Waals surface area contributed by atoms with E-state index in [0.29, 0.717) is 18.1 Å². The van der Waals surface area contributed by atoms with E-state index in [1.54, 1.807) is 11.2 Å². The van der Waals surface area contributed by atoms with Crippen LogP contribution in [0.5, 0.6) is 0 Å². The van der Waals surface area contributed by atoms with Crippen molar-refractivity contribution in [3.05, 3.63) is 54.5 Å². The second kappa shape index (κ2) is 6.95. The van der Waals surface area contributed by atoms with Gasteiger partial charge in [-0.25, -0.2) is 0 Å². The summed E-state index contributed by atoms with van der Waals surface area (Å²) in [5.74, 6) is 1.11. The molecule has 3 heterocycles. The van der Waals surface area contributed by atoms with E-state index in [1.807, 2.05) is 36.4 Å². The van der Waals surface area contributed by atoms with Crippen LogP contribution in [0.25, 0.3) is 0 Å². The van der Waals surface area contributed by atoms with Gasteiger partial charge in [-0.05, 0) is 36.5 Å². The smallest absolute Gasteiger partial charge is 0.171 e. The van der Waals surface area contributed by atoms with Crippen LogP contribution < -0.4 is 15.5 Å². The molecule has 2 fully saturated rings. The Balaban J connectivity index is 1.32. The van der Waals surface area contributed by atoms with E-state index >= 15 is 0 Å². The first-order chi connectivity index (χ1) is 11.8. The van der Waals surface area contributed by atoms with Crippen LogP contribution in [0.4, 0.5) is 5.69 Å². The van der Waals surface area contributed by atoms with Crippen LogP contribution in [0, 0.1) is 0 Å². The number of para-hydroxylation sites is 1. The van der Waals surface area contributed by atoms with Gasteiger partial charge in [-0.2, -0.15) is 0 Å². The third kappa shape index (κ3) is 3.47. The van der Waals surface area contributed by atoms with E-state index in [1.165, 1.54) is 25.7 Å². The molecular formula is C19H24N3OS+. The molecule has 2 bridgehead atoms. The first kappa shape index (κ1) is 15.7. The molecule has 0 aliphatic carbocycles. The maximum absolute atomic E-state index is 5.55. The molecule has 4 atom stereocenters. The molecule has 0 radical (unpaired) electrons. The molecular weight excluding hydrogens is 318 g/mol. The normalized spacial score (nSPS) is 28.5. The van der Waals surface area contributed by atoms with Crippen molar-refractivity contribution in [2.24, 2.45) is 0 Å². The molecule has 1 aromatic carbocycles. The molecule has 2 aromatic rings. The van der Waals surface area contributed by atoms with Gasteiger partial charge in [0.1, 0.15) is 6.54 Å². The van der Waals surface area contributed by atoms with Crippen molar-refractivity contribution in [2.45, 2.75) is 50.4 Å². The highest BCUT2D eigenvalue weighted by atomic mass is 32.1. The van der Waals surface area contributed by atoms with Crippen molar-refractivity contribution < 1.29 is 9.32 Å². The van der Waals surface area contributed by atoms with Crippen molar-refractivity contribution in [3.63, 3.8) is 0 Å². The van der Waals surface area contributed by atoms with Gasteiger partial charge >= 0.3 is 0 Å². The van der Waals surface area contributed by atoms with Gasteiger partial charge in [0.05, 0.1) is 18.3 Å². The van der Waals surface area contributed by atoms with Crippen molar-refractivity contribution in [1.29, 1.82) is 0 Å². The van der Waals surface area contributed by atoms with Crippen LogP contribution in [0.1, 0.15) is 31.4 Å². The van der Waals surface area contributed by atoms with E-state index in [2.05, 4.69) is 16.7 Å². The van der Waals surface area contributed by atoms with Crippen LogP contribution in [0.15, 0.2) is 53.1 Å². The standard InChI is InChI=1S/C19H23N3OS/c24-19(20-14-5-2-1-3-6-14)21-15-11-16-8-9-17(12-15)22(16)13-18-7-4-10-23-18/h1-7,10,15-17H,8-9,11-13H2,(H2,20,21,24)/p+1/t15?,16-,17+. The number of furan rings is 1. The Morgan fingerprint density at radius 2 is 1.83 bits per heavy atom. The van der Waals surface area contributed by atoms with E-state index in [4.69, 9.17) is 16.6 Å². The van der Waals surface area contributed by atoms with Crippen molar-refractivity contribution >= 4 is 23.0 Å². The van der Waals surface area contributed by atoms with Gasteiger partial charge in [0.15, 0.2) is 10.9 Å². The minimum Gasteiger partial charge on any atom is -0.463 e. The Labute approximate surface area is 148 Å². The Hall–Kier alpha value is -1.85. The summed E-state index contributed by atoms with van der Waals surface area (Å²) in [5.41, 5.74) is 1.04. The molecule has 5 heteroatoms. The van der Waals surface area contributed by atoms with Gasteiger partial charge in [-0.15, -0.1) is 0 Å². The zero-order valence-corrected chi connectivity index (χ0v) is 14.5. The van der Waals surface area contributed by atoms with Crippen molar-refractivity contribution in [1.82, 2.24) is 5.32 Å². The van der Waals surface area contributed by atoms with Gasteiger partial charge in [0, 0.05) is 37.4 Å². The molecule has 2 aliphatic heterocycles. The summed E-state index contributed by atoms with van der Waals surface area (Å²) in [6.07, 6.45) is 6.78. The first-order valence-corrected chi connectivity index (χ1v) is 9.19. The number of quaternary nitrogens is 1. The van der Waals surface area contributed by atoms with Gasteiger partial charge in [-0.3, -0.25) is 0 Å². The highest BCUT2D eigenvalue weighted by molar-refractivity contribution is 7.80. The van der Waals surface area contributed by atoms with Crippen LogP contribution >= 0.6 is 12.2 Å². The number of nitrogens with one attached hydrogen (secondary N) is 3. The van der Waals surface area contributed by atoms with Crippen LogP contribution in [0.2, 0.25) is 0 Å². The number of thiocarbonyl (C=S) groups is 1. The second-order valence-electron chi connectivity index (χ2n) is 6.94. The third-order valence-electron chi connectivity index (χ3n) is 5.38. The largest absolute Gasteiger partial charge is 0.463 e. The maximum Gasteiger partial charge on any atom is 0.171 e. The predicted molar refractivity (Wildman–Crippen MR) is 99.0 cm³/mol. The van der Waals surface area contributed by atoms with Crippen LogP contribution in [-0.4, -0.2) is 23.2 Å². The molecule has 24 heavy (non-hydrogen) atoms. The van der Waals surface area contributed by atoms with E-state index in [9.17, 15) is 0 Å². The summed E-state index contributed by atoms with van der Waals surface area (Å²) in [7, 11) is 0. The quantitative estimate of drug-likeness (QED) is 0.746. The molecule has 2 saturated heterocycles. The first-order valence-electron chi connectivity index (χ1n) is 8.78. The average molecular weight is 342 g/mol. The molecule has 4 rings (SSSR count). The fraction of sp³-hybridized carbons (Fsp3) is 0.421. The summed E-state index contributed by atoms with van der Waals surface area (Å²) < 4.78 is 5.55. The summed E-state index contributed by atoms with van der Waals surface area (Å²) in [5, 5.41) is 7.55. The number of fused-ring (bicyclic) bond motifs is 2. The number of hydrogen-bond donors (Lipinski definition) is 3. The van der Waals surface area contributed by atoms with Crippen LogP contribution in [0.3, 0.4) is 0 Å². The second-order valence-corrected chi connectivity index (χ2v) is 7.34. The fourth-order valence-electron chi connectivity index (χ4n) is 4.32. The average Bonchev–Trinajstić information content (AvgIpc) is 3.16. The van der Waals surface area contributed by atoms with E-state index in [0.717, 1.165) is 23.1 Å². The zero-order chi connectivity index (χ0) is 16.4. The minimum absolute atomic E-state index is 0.478. The van der Waals surface area contributed by atoms with E-state index in [-0.39, 0.29) is 0 Å². The lowest BCUT2D eigenvalue weighted by atomic mass is 9.97. The van der Waals surface area contributed by atoms with Crippen LogP contribution in [-0.2, 0) is 6.54 Å². The Morgan fingerprint density at radius 3 is 2.50 bits per heavy atom. The lowest BCUT2D eigenvalue weighted by molar-refractivity contribution is -0.955. The monoisotopic (exact) mass is 342 g/mol. The van der Waals surface area contributed by atoms with Gasteiger partial charge < -0.3 is 20.0 Å². The Kier molecular flexibility index (Phi) is 4.54. The highest BCUT2D eigenvalue weighted by Gasteiger charge is 2.44. The molecule has 0 spiro atoms. The van der Waals surface area contributed by atoms with E-state index < -0.39 is 0 Å². The van der Waals surface area contributed by atoms with Gasteiger partial charge in [-0.1, -0.05) is 18.2 Å². The Bertz CT molecular complexity index is 659. The van der Waals surface area contributed by atoms with Crippen molar-refractivity contribution in [3.8, 4) is 0 Å². The summed E-state index contributed by atoms with van der Waals surface area (Å²) in [4.78, 5) is 1.70. The minimum atomic E-state index is 0.478. The predicted octanol–water partition coefficient (Wildman–Crippen LogP) is 2.34. The molecule has 4 nitrogen and oxygen atoms in total. The SMILES string of the molecule is S=C(Nc1ccccc1)NC1C[C@H]2CC[C@@H](C1)[NH+]2Cc1ccco1. The molecule has 0 amide bonds. The molecule has 0 saturated carbocycles. The van der Waals surface area contributed by atoms with Gasteiger partial charge in [0.25, 0.3) is 0 Å². The third-order valence-corrected chi connectivity index (χ3v) is 5.60. The fourth-order valence-corrected chi connectivity index (χ4v) is 4.61. The number of anilines is 1. The zero-order valence-electron chi connectivity index (χ0n) is 13.7. The lowest BCUT2D eigenvalue weighted by Crippen LogP contribution is -3.17. The molecule has 2 unspecified atom stereocenters. The van der Waals surface area contributed by atoms with Crippen molar-refractivity contribution in [2.75, 3.05) is 5.32 Å². The molecule has 3 N–H and O–H groups in total. The maximum atomic E-state index is 5.55. The summed E-state index contributed by atoms with van der Waals surface area (Å²) >= 11 is 5.49. The number of hydrogen-bond acceptors (Lipinski definition) is 2. The lowest BCUT2D eigenvalue weighted by Gasteiger charge is -2.36. The van der Waals surface area contributed by atoms with Gasteiger partial charge in [0.2, 0.25) is 0 Å². The number of piperidine rings is 1. The summed E-state index contributed by atoms with van der Waals surface area (Å²) in [6, 6.07) is 16.1. The number of benzene rings is 1. The highest BCUT2D eigenvalue weighted by Crippen LogP contribution is 2.23. The molecule has 1 aromatic heterocycles. The Morgan fingerprint density at radius 1 is 1.08 bits per heavy atom.